The van der Waals surface area contributed by atoms with Gasteiger partial charge in [0.15, 0.2) is 0 Å². The minimum atomic E-state index is -0.154. The Hall–Kier alpha value is -1.65. The smallest absolute Gasteiger partial charge is 0.134 e. The van der Waals surface area contributed by atoms with Crippen LogP contribution in [-0.4, -0.2) is 24.6 Å². The Morgan fingerprint density at radius 2 is 1.90 bits per heavy atom. The van der Waals surface area contributed by atoms with E-state index in [2.05, 4.69) is 36.9 Å². The number of fused-ring (bicyclic) bond motifs is 1. The number of aromatic nitrogens is 1. The van der Waals surface area contributed by atoms with Gasteiger partial charge in [0.05, 0.1) is 5.52 Å². The van der Waals surface area contributed by atoms with Crippen LogP contribution in [0.15, 0.2) is 18.2 Å². The fourth-order valence-corrected chi connectivity index (χ4v) is 3.24. The summed E-state index contributed by atoms with van der Waals surface area (Å²) in [5.74, 6) is 1.03. The summed E-state index contributed by atoms with van der Waals surface area (Å²) in [6, 6.07) is 6.40. The second-order valence-corrected chi connectivity index (χ2v) is 6.09. The highest BCUT2D eigenvalue weighted by atomic mass is 15.2. The molecule has 0 spiro atoms. The highest BCUT2D eigenvalue weighted by Gasteiger charge is 2.21. The number of benzene rings is 1. The van der Waals surface area contributed by atoms with Crippen LogP contribution in [0.4, 0.5) is 5.82 Å². The Labute approximate surface area is 126 Å². The van der Waals surface area contributed by atoms with Crippen LogP contribution in [-0.2, 0) is 0 Å². The summed E-state index contributed by atoms with van der Waals surface area (Å²) in [6.45, 7) is 6.81. The molecule has 1 fully saturated rings. The predicted molar refractivity (Wildman–Crippen MR) is 88.6 cm³/mol. The van der Waals surface area contributed by atoms with E-state index < -0.39 is 0 Å². The summed E-state index contributed by atoms with van der Waals surface area (Å²) < 4.78 is 0. The molecule has 1 aliphatic rings. The largest absolute Gasteiger partial charge is 0.356 e. The van der Waals surface area contributed by atoms with Crippen molar-refractivity contribution in [2.75, 3.05) is 24.5 Å². The van der Waals surface area contributed by atoms with Crippen LogP contribution in [0.2, 0.25) is 0 Å². The number of hydrogen-bond acceptors (Lipinski definition) is 4. The van der Waals surface area contributed by atoms with Crippen molar-refractivity contribution in [3.8, 4) is 0 Å². The molecule has 0 radical (unpaired) electrons. The average molecular weight is 284 g/mol. The van der Waals surface area contributed by atoms with Crippen LogP contribution in [0.1, 0.15) is 35.6 Å². The van der Waals surface area contributed by atoms with Gasteiger partial charge < -0.3 is 16.4 Å². The van der Waals surface area contributed by atoms with Gasteiger partial charge in [-0.25, -0.2) is 4.98 Å². The molecule has 1 aromatic carbocycles. The molecule has 21 heavy (non-hydrogen) atoms. The highest BCUT2D eigenvalue weighted by molar-refractivity contribution is 5.85. The number of nitrogens with two attached hydrogens (primary N) is 2. The Morgan fingerprint density at radius 3 is 2.57 bits per heavy atom. The Morgan fingerprint density at radius 1 is 1.19 bits per heavy atom. The summed E-state index contributed by atoms with van der Waals surface area (Å²) in [5, 5.41) is 1.16. The normalized spacial score (nSPS) is 16.7. The first kappa shape index (κ1) is 14.3. The summed E-state index contributed by atoms with van der Waals surface area (Å²) in [5.41, 5.74) is 16.7. The molecule has 4 N–H and O–H groups in total. The minimum absolute atomic E-state index is 0.154. The molecule has 1 aliphatic heterocycles. The van der Waals surface area contributed by atoms with Crippen molar-refractivity contribution >= 4 is 16.7 Å². The standard InChI is InChI=1S/C17H24N4/c1-11-7-12(2)16-13(8-11)9-14(15(19)10-18)17(20-16)21-5-3-4-6-21/h7-9,15H,3-6,10,18-19H2,1-2H3. The zero-order chi connectivity index (χ0) is 15.0. The number of aryl methyl sites for hydroxylation is 2. The van der Waals surface area contributed by atoms with Crippen molar-refractivity contribution in [1.82, 2.24) is 4.98 Å². The molecular weight excluding hydrogens is 260 g/mol. The number of nitrogens with zero attached hydrogens (tertiary/aromatic N) is 2. The number of pyridine rings is 1. The van der Waals surface area contributed by atoms with E-state index in [-0.39, 0.29) is 6.04 Å². The van der Waals surface area contributed by atoms with Gasteiger partial charge in [-0.05, 0) is 44.4 Å². The molecule has 3 rings (SSSR count). The lowest BCUT2D eigenvalue weighted by atomic mass is 10.0. The first-order chi connectivity index (χ1) is 10.1. The molecule has 4 nitrogen and oxygen atoms in total. The van der Waals surface area contributed by atoms with Crippen LogP contribution in [0.5, 0.6) is 0 Å². The maximum atomic E-state index is 6.24. The van der Waals surface area contributed by atoms with E-state index in [0.29, 0.717) is 6.54 Å². The maximum Gasteiger partial charge on any atom is 0.134 e. The number of anilines is 1. The zero-order valence-corrected chi connectivity index (χ0v) is 12.9. The molecule has 4 heteroatoms. The van der Waals surface area contributed by atoms with Gasteiger partial charge in [0.2, 0.25) is 0 Å². The average Bonchev–Trinajstić information content (AvgIpc) is 2.99. The molecule has 1 aromatic heterocycles. The molecule has 1 saturated heterocycles. The molecule has 0 aliphatic carbocycles. The van der Waals surface area contributed by atoms with Crippen LogP contribution < -0.4 is 16.4 Å². The van der Waals surface area contributed by atoms with Crippen molar-refractivity contribution in [3.05, 3.63) is 34.9 Å². The van der Waals surface area contributed by atoms with Gasteiger partial charge in [-0.3, -0.25) is 0 Å². The van der Waals surface area contributed by atoms with Crippen molar-refractivity contribution < 1.29 is 0 Å². The molecule has 2 heterocycles. The Kier molecular flexibility index (Phi) is 3.83. The van der Waals surface area contributed by atoms with E-state index in [0.717, 1.165) is 35.4 Å². The molecule has 112 valence electrons. The third-order valence-electron chi connectivity index (χ3n) is 4.32. The van der Waals surface area contributed by atoms with Gasteiger partial charge >= 0.3 is 0 Å². The Balaban J connectivity index is 2.22. The van der Waals surface area contributed by atoms with Gasteiger partial charge in [-0.1, -0.05) is 11.6 Å². The second kappa shape index (κ2) is 5.62. The molecule has 0 saturated carbocycles. The van der Waals surface area contributed by atoms with E-state index >= 15 is 0 Å². The van der Waals surface area contributed by atoms with Gasteiger partial charge in [0, 0.05) is 36.6 Å². The third-order valence-corrected chi connectivity index (χ3v) is 4.32. The first-order valence-electron chi connectivity index (χ1n) is 7.72. The van der Waals surface area contributed by atoms with Gasteiger partial charge in [0.1, 0.15) is 5.82 Å². The molecule has 0 bridgehead atoms. The van der Waals surface area contributed by atoms with Gasteiger partial charge in [0.25, 0.3) is 0 Å². The minimum Gasteiger partial charge on any atom is -0.356 e. The third kappa shape index (κ3) is 2.61. The number of rotatable bonds is 3. The molecule has 2 aromatic rings. The van der Waals surface area contributed by atoms with E-state index in [1.807, 2.05) is 0 Å². The SMILES string of the molecule is Cc1cc(C)c2nc(N3CCCC3)c(C(N)CN)cc2c1. The van der Waals surface area contributed by atoms with Crippen molar-refractivity contribution in [1.29, 1.82) is 0 Å². The monoisotopic (exact) mass is 284 g/mol. The first-order valence-corrected chi connectivity index (χ1v) is 7.72. The zero-order valence-electron chi connectivity index (χ0n) is 12.9. The molecule has 0 amide bonds. The van der Waals surface area contributed by atoms with E-state index in [1.54, 1.807) is 0 Å². The number of hydrogen-bond donors (Lipinski definition) is 2. The van der Waals surface area contributed by atoms with Crippen LogP contribution in [0, 0.1) is 13.8 Å². The maximum absolute atomic E-state index is 6.24. The van der Waals surface area contributed by atoms with Crippen LogP contribution >= 0.6 is 0 Å². The topological polar surface area (TPSA) is 68.2 Å². The van der Waals surface area contributed by atoms with E-state index in [9.17, 15) is 0 Å². The lowest BCUT2D eigenvalue weighted by Crippen LogP contribution is -2.27. The van der Waals surface area contributed by atoms with Crippen LogP contribution in [0.3, 0.4) is 0 Å². The lowest BCUT2D eigenvalue weighted by Gasteiger charge is -2.24. The van der Waals surface area contributed by atoms with E-state index in [4.69, 9.17) is 16.5 Å². The van der Waals surface area contributed by atoms with E-state index in [1.165, 1.54) is 24.0 Å². The summed E-state index contributed by atoms with van der Waals surface area (Å²) in [7, 11) is 0. The van der Waals surface area contributed by atoms with Crippen LogP contribution in [0.25, 0.3) is 10.9 Å². The molecule has 1 atom stereocenters. The summed E-state index contributed by atoms with van der Waals surface area (Å²) >= 11 is 0. The Bertz CT molecular complexity index is 659. The van der Waals surface area contributed by atoms with Gasteiger partial charge in [-0.15, -0.1) is 0 Å². The highest BCUT2D eigenvalue weighted by Crippen LogP contribution is 2.31. The predicted octanol–water partition coefficient (Wildman–Crippen LogP) is 2.41. The quantitative estimate of drug-likeness (QED) is 0.908. The van der Waals surface area contributed by atoms with Crippen molar-refractivity contribution in [2.24, 2.45) is 11.5 Å². The fraction of sp³-hybridized carbons (Fsp3) is 0.471. The molecule has 1 unspecified atom stereocenters. The second-order valence-electron chi connectivity index (χ2n) is 6.09. The summed E-state index contributed by atoms with van der Waals surface area (Å²) in [4.78, 5) is 7.31. The van der Waals surface area contributed by atoms with Gasteiger partial charge in [-0.2, -0.15) is 0 Å². The van der Waals surface area contributed by atoms with Crippen molar-refractivity contribution in [2.45, 2.75) is 32.7 Å². The summed E-state index contributed by atoms with van der Waals surface area (Å²) in [6.07, 6.45) is 2.45. The lowest BCUT2D eigenvalue weighted by molar-refractivity contribution is 0.728. The fourth-order valence-electron chi connectivity index (χ4n) is 3.24. The van der Waals surface area contributed by atoms with Crippen molar-refractivity contribution in [3.63, 3.8) is 0 Å². The molecular formula is C17H24N4.